The minimum atomic E-state index is -0.684. The zero-order valence-electron chi connectivity index (χ0n) is 10.9. The van der Waals surface area contributed by atoms with E-state index in [1.165, 1.54) is 0 Å². The van der Waals surface area contributed by atoms with Gasteiger partial charge in [0, 0.05) is 0 Å². The van der Waals surface area contributed by atoms with Crippen molar-refractivity contribution >= 4 is 5.97 Å². The maximum atomic E-state index is 11.5. The van der Waals surface area contributed by atoms with Crippen molar-refractivity contribution in [1.82, 2.24) is 0 Å². The second kappa shape index (κ2) is 4.60. The Bertz CT molecular complexity index is 284. The van der Waals surface area contributed by atoms with Gasteiger partial charge in [-0.25, -0.2) is 0 Å². The molecule has 0 unspecified atom stereocenters. The molecule has 3 heteroatoms. The molecule has 2 saturated carbocycles. The number of carboxylic acids is 1. The summed E-state index contributed by atoms with van der Waals surface area (Å²) in [6.07, 6.45) is 4.94. The molecular formula is C14H24O3. The van der Waals surface area contributed by atoms with Gasteiger partial charge in [0.15, 0.2) is 0 Å². The van der Waals surface area contributed by atoms with Crippen molar-refractivity contribution in [3.63, 3.8) is 0 Å². The molecule has 2 aliphatic rings. The van der Waals surface area contributed by atoms with Gasteiger partial charge < -0.3 is 10.2 Å². The van der Waals surface area contributed by atoms with Crippen LogP contribution < -0.4 is 0 Å². The minimum Gasteiger partial charge on any atom is -0.481 e. The summed E-state index contributed by atoms with van der Waals surface area (Å²) in [5, 5.41) is 18.9. The summed E-state index contributed by atoms with van der Waals surface area (Å²) < 4.78 is 0. The standard InChI is InChI=1S/C14H24O3/c1-9(2)10-3-5-11(6-4-10)14(13(16)17)7-12(15)8-14/h9-12,15H,3-8H2,1-2H3,(H,16,17). The van der Waals surface area contributed by atoms with Gasteiger partial charge in [-0.15, -0.1) is 0 Å². The van der Waals surface area contributed by atoms with Crippen LogP contribution in [-0.4, -0.2) is 22.3 Å². The second-order valence-electron chi connectivity index (χ2n) is 6.38. The summed E-state index contributed by atoms with van der Waals surface area (Å²) in [5.41, 5.74) is -0.596. The maximum Gasteiger partial charge on any atom is 0.310 e. The van der Waals surface area contributed by atoms with E-state index >= 15 is 0 Å². The quantitative estimate of drug-likeness (QED) is 0.797. The van der Waals surface area contributed by atoms with E-state index in [0.717, 1.165) is 31.6 Å². The van der Waals surface area contributed by atoms with E-state index in [1.807, 2.05) is 0 Å². The fourth-order valence-electron chi connectivity index (χ4n) is 3.80. The van der Waals surface area contributed by atoms with Crippen LogP contribution in [0.25, 0.3) is 0 Å². The zero-order valence-corrected chi connectivity index (χ0v) is 10.9. The summed E-state index contributed by atoms with van der Waals surface area (Å²) in [7, 11) is 0. The van der Waals surface area contributed by atoms with Crippen molar-refractivity contribution in [3.05, 3.63) is 0 Å². The SMILES string of the molecule is CC(C)C1CCC(C2(C(=O)O)CC(O)C2)CC1. The predicted molar refractivity (Wildman–Crippen MR) is 65.6 cm³/mol. The summed E-state index contributed by atoms with van der Waals surface area (Å²) in [6, 6.07) is 0. The van der Waals surface area contributed by atoms with Gasteiger partial charge in [0.25, 0.3) is 0 Å². The average molecular weight is 240 g/mol. The van der Waals surface area contributed by atoms with Crippen LogP contribution in [0.1, 0.15) is 52.4 Å². The molecule has 0 aliphatic heterocycles. The molecule has 0 bridgehead atoms. The van der Waals surface area contributed by atoms with E-state index in [2.05, 4.69) is 13.8 Å². The first-order chi connectivity index (χ1) is 7.95. The highest BCUT2D eigenvalue weighted by Gasteiger charge is 2.55. The molecule has 0 radical (unpaired) electrons. The van der Waals surface area contributed by atoms with Crippen LogP contribution >= 0.6 is 0 Å². The highest BCUT2D eigenvalue weighted by atomic mass is 16.4. The number of aliphatic hydroxyl groups is 1. The smallest absolute Gasteiger partial charge is 0.310 e. The van der Waals surface area contributed by atoms with E-state index in [9.17, 15) is 15.0 Å². The van der Waals surface area contributed by atoms with Gasteiger partial charge in [-0.2, -0.15) is 0 Å². The van der Waals surface area contributed by atoms with Crippen molar-refractivity contribution in [2.75, 3.05) is 0 Å². The van der Waals surface area contributed by atoms with Crippen LogP contribution in [0, 0.1) is 23.2 Å². The predicted octanol–water partition coefficient (Wildman–Crippen LogP) is 2.67. The molecule has 0 aromatic heterocycles. The molecule has 0 heterocycles. The van der Waals surface area contributed by atoms with Crippen LogP contribution in [0.15, 0.2) is 0 Å². The van der Waals surface area contributed by atoms with Gasteiger partial charge in [0.2, 0.25) is 0 Å². The Balaban J connectivity index is 1.97. The third kappa shape index (κ3) is 2.22. The lowest BCUT2D eigenvalue weighted by atomic mass is 9.55. The van der Waals surface area contributed by atoms with Gasteiger partial charge in [0.05, 0.1) is 11.5 Å². The highest BCUT2D eigenvalue weighted by molar-refractivity contribution is 5.76. The molecule has 0 amide bonds. The van der Waals surface area contributed by atoms with E-state index in [-0.39, 0.29) is 6.10 Å². The van der Waals surface area contributed by atoms with Crippen LogP contribution in [0.5, 0.6) is 0 Å². The Morgan fingerprint density at radius 3 is 2.06 bits per heavy atom. The average Bonchev–Trinajstić information content (AvgIpc) is 2.24. The molecule has 0 spiro atoms. The molecule has 0 saturated heterocycles. The number of carboxylic acid groups (broad SMARTS) is 1. The first kappa shape index (κ1) is 12.9. The number of aliphatic hydroxyl groups excluding tert-OH is 1. The third-order valence-corrected chi connectivity index (χ3v) is 5.12. The van der Waals surface area contributed by atoms with Crippen molar-refractivity contribution < 1.29 is 15.0 Å². The van der Waals surface area contributed by atoms with E-state index in [4.69, 9.17) is 0 Å². The lowest BCUT2D eigenvalue weighted by molar-refractivity contribution is -0.173. The number of hydrogen-bond acceptors (Lipinski definition) is 2. The van der Waals surface area contributed by atoms with Crippen LogP contribution in [0.2, 0.25) is 0 Å². The first-order valence-corrected chi connectivity index (χ1v) is 6.87. The van der Waals surface area contributed by atoms with Gasteiger partial charge in [-0.1, -0.05) is 13.8 Å². The Kier molecular flexibility index (Phi) is 3.48. The van der Waals surface area contributed by atoms with E-state index < -0.39 is 11.4 Å². The van der Waals surface area contributed by atoms with Gasteiger partial charge in [-0.05, 0) is 56.3 Å². The molecule has 2 N–H and O–H groups in total. The zero-order chi connectivity index (χ0) is 12.6. The molecule has 0 atom stereocenters. The second-order valence-corrected chi connectivity index (χ2v) is 6.38. The Morgan fingerprint density at radius 1 is 1.18 bits per heavy atom. The summed E-state index contributed by atoms with van der Waals surface area (Å²) in [6.45, 7) is 4.51. The largest absolute Gasteiger partial charge is 0.481 e. The highest BCUT2D eigenvalue weighted by Crippen LogP contribution is 2.53. The van der Waals surface area contributed by atoms with Gasteiger partial charge in [-0.3, -0.25) is 4.79 Å². The van der Waals surface area contributed by atoms with Crippen molar-refractivity contribution in [1.29, 1.82) is 0 Å². The molecule has 98 valence electrons. The van der Waals surface area contributed by atoms with Crippen molar-refractivity contribution in [2.24, 2.45) is 23.2 Å². The Hall–Kier alpha value is -0.570. The van der Waals surface area contributed by atoms with E-state index in [0.29, 0.717) is 24.7 Å². The monoisotopic (exact) mass is 240 g/mol. The molecular weight excluding hydrogens is 216 g/mol. The third-order valence-electron chi connectivity index (χ3n) is 5.12. The molecule has 2 rings (SSSR count). The molecule has 2 fully saturated rings. The first-order valence-electron chi connectivity index (χ1n) is 6.87. The molecule has 2 aliphatic carbocycles. The molecule has 17 heavy (non-hydrogen) atoms. The molecule has 3 nitrogen and oxygen atoms in total. The van der Waals surface area contributed by atoms with Gasteiger partial charge >= 0.3 is 5.97 Å². The normalized spacial score (nSPS) is 42.2. The van der Waals surface area contributed by atoms with Crippen LogP contribution in [-0.2, 0) is 4.79 Å². The Morgan fingerprint density at radius 2 is 1.71 bits per heavy atom. The Labute approximate surface area is 103 Å². The molecule has 0 aromatic rings. The van der Waals surface area contributed by atoms with E-state index in [1.54, 1.807) is 0 Å². The fourth-order valence-corrected chi connectivity index (χ4v) is 3.80. The maximum absolute atomic E-state index is 11.5. The number of rotatable bonds is 3. The fraction of sp³-hybridized carbons (Fsp3) is 0.929. The summed E-state index contributed by atoms with van der Waals surface area (Å²) >= 11 is 0. The topological polar surface area (TPSA) is 57.5 Å². The lowest BCUT2D eigenvalue weighted by Crippen LogP contribution is -2.52. The van der Waals surface area contributed by atoms with Crippen molar-refractivity contribution in [2.45, 2.75) is 58.5 Å². The summed E-state index contributed by atoms with van der Waals surface area (Å²) in [4.78, 5) is 11.5. The van der Waals surface area contributed by atoms with Gasteiger partial charge in [0.1, 0.15) is 0 Å². The summed E-state index contributed by atoms with van der Waals surface area (Å²) in [5.74, 6) is 1.08. The van der Waals surface area contributed by atoms with Crippen LogP contribution in [0.3, 0.4) is 0 Å². The minimum absolute atomic E-state index is 0.290. The number of carbonyl (C=O) groups is 1. The van der Waals surface area contributed by atoms with Crippen molar-refractivity contribution in [3.8, 4) is 0 Å². The number of aliphatic carboxylic acids is 1. The van der Waals surface area contributed by atoms with Crippen LogP contribution in [0.4, 0.5) is 0 Å². The molecule has 0 aromatic carbocycles. The number of hydrogen-bond donors (Lipinski definition) is 2. The lowest BCUT2D eigenvalue weighted by Gasteiger charge is -2.49.